The van der Waals surface area contributed by atoms with Crippen LogP contribution in [0.5, 0.6) is 0 Å². The summed E-state index contributed by atoms with van der Waals surface area (Å²) in [7, 11) is 0. The molecule has 2 N–H and O–H groups in total. The number of imide groups is 1. The van der Waals surface area contributed by atoms with Crippen LogP contribution in [0.2, 0.25) is 0 Å². The Morgan fingerprint density at radius 3 is 2.33 bits per heavy atom. The minimum atomic E-state index is -0.561. The van der Waals surface area contributed by atoms with Crippen LogP contribution in [0, 0.1) is 0 Å². The smallest absolute Gasteiger partial charge is 0.325 e. The maximum atomic E-state index is 12.5. The molecule has 2 atom stereocenters. The summed E-state index contributed by atoms with van der Waals surface area (Å²) in [5.74, 6) is -0.283. The van der Waals surface area contributed by atoms with Gasteiger partial charge >= 0.3 is 6.03 Å². The molecule has 3 amide bonds. The van der Waals surface area contributed by atoms with E-state index in [4.69, 9.17) is 5.73 Å². The summed E-state index contributed by atoms with van der Waals surface area (Å²) in [5.41, 5.74) is 6.95. The van der Waals surface area contributed by atoms with Crippen molar-refractivity contribution in [1.82, 2.24) is 9.47 Å². The van der Waals surface area contributed by atoms with Gasteiger partial charge in [0, 0.05) is 30.5 Å². The molecule has 24 heavy (non-hydrogen) atoms. The second-order valence-corrected chi connectivity index (χ2v) is 5.97. The second-order valence-electron chi connectivity index (χ2n) is 5.97. The van der Waals surface area contributed by atoms with E-state index in [9.17, 15) is 14.4 Å². The summed E-state index contributed by atoms with van der Waals surface area (Å²) in [6.45, 7) is 0.504. The maximum absolute atomic E-state index is 12.5. The highest BCUT2D eigenvalue weighted by Crippen LogP contribution is 2.31. The van der Waals surface area contributed by atoms with Gasteiger partial charge in [0.15, 0.2) is 0 Å². The Labute approximate surface area is 137 Å². The van der Waals surface area contributed by atoms with Crippen LogP contribution in [-0.4, -0.2) is 40.0 Å². The molecule has 7 nitrogen and oxygen atoms in total. The molecule has 2 fully saturated rings. The van der Waals surface area contributed by atoms with Gasteiger partial charge in [-0.05, 0) is 36.8 Å². The van der Waals surface area contributed by atoms with Gasteiger partial charge in [0.2, 0.25) is 0 Å². The summed E-state index contributed by atoms with van der Waals surface area (Å²) >= 11 is 0. The van der Waals surface area contributed by atoms with Gasteiger partial charge in [-0.2, -0.15) is 0 Å². The van der Waals surface area contributed by atoms with Crippen LogP contribution in [0.3, 0.4) is 0 Å². The average molecular weight is 324 g/mol. The molecule has 2 aliphatic rings. The Kier molecular flexibility index (Phi) is 3.24. The molecule has 7 heteroatoms. The maximum Gasteiger partial charge on any atom is 0.332 e. The standard InChI is InChI=1S/C17H16N4O3/c18-13-8-10-20-15(13)16(23)21(17(20)24)12-6-4-11(5-7-12)19-9-2-1-3-14(19)22/h1-7,9,13,15H,8,10,18H2/t13-,15+/m1/s1. The first-order chi connectivity index (χ1) is 11.6. The molecule has 0 radical (unpaired) electrons. The number of aromatic nitrogens is 1. The lowest BCUT2D eigenvalue weighted by Gasteiger charge is -2.16. The van der Waals surface area contributed by atoms with E-state index in [1.54, 1.807) is 42.6 Å². The molecule has 2 aliphatic heterocycles. The number of amides is 3. The molecule has 0 saturated carbocycles. The number of fused-ring (bicyclic) bond motifs is 1. The first-order valence-electron chi connectivity index (χ1n) is 7.76. The number of hydrogen-bond donors (Lipinski definition) is 1. The van der Waals surface area contributed by atoms with Gasteiger partial charge in [0.05, 0.1) is 5.69 Å². The first kappa shape index (κ1) is 14.6. The monoisotopic (exact) mass is 324 g/mol. The van der Waals surface area contributed by atoms with Crippen molar-refractivity contribution in [3.05, 3.63) is 59.0 Å². The van der Waals surface area contributed by atoms with Crippen LogP contribution in [0.4, 0.5) is 10.5 Å². The third-order valence-electron chi connectivity index (χ3n) is 4.56. The third kappa shape index (κ3) is 2.05. The largest absolute Gasteiger partial charge is 0.332 e. The molecule has 0 aliphatic carbocycles. The topological polar surface area (TPSA) is 88.6 Å². The van der Waals surface area contributed by atoms with Gasteiger partial charge in [0.25, 0.3) is 11.5 Å². The predicted octanol–water partition coefficient (Wildman–Crippen LogP) is 0.706. The number of carbonyl (C=O) groups is 2. The molecule has 2 saturated heterocycles. The van der Waals surface area contributed by atoms with Gasteiger partial charge in [-0.25, -0.2) is 9.69 Å². The molecule has 2 aromatic rings. The molecular weight excluding hydrogens is 308 g/mol. The van der Waals surface area contributed by atoms with E-state index < -0.39 is 6.04 Å². The van der Waals surface area contributed by atoms with E-state index in [-0.39, 0.29) is 23.5 Å². The Balaban J connectivity index is 1.67. The lowest BCUT2D eigenvalue weighted by Crippen LogP contribution is -2.41. The molecule has 3 heterocycles. The average Bonchev–Trinajstić information content (AvgIpc) is 3.08. The highest BCUT2D eigenvalue weighted by molar-refractivity contribution is 6.21. The van der Waals surface area contributed by atoms with E-state index in [0.717, 1.165) is 0 Å². The number of urea groups is 1. The fourth-order valence-electron chi connectivity index (χ4n) is 3.34. The Hall–Kier alpha value is -2.93. The summed E-state index contributed by atoms with van der Waals surface area (Å²) in [4.78, 5) is 39.6. The van der Waals surface area contributed by atoms with Crippen molar-refractivity contribution in [2.24, 2.45) is 5.73 Å². The van der Waals surface area contributed by atoms with Crippen molar-refractivity contribution in [1.29, 1.82) is 0 Å². The van der Waals surface area contributed by atoms with Crippen LogP contribution in [0.1, 0.15) is 6.42 Å². The van der Waals surface area contributed by atoms with Crippen molar-refractivity contribution >= 4 is 17.6 Å². The van der Waals surface area contributed by atoms with Crippen LogP contribution < -0.4 is 16.2 Å². The Morgan fingerprint density at radius 2 is 1.67 bits per heavy atom. The zero-order valence-corrected chi connectivity index (χ0v) is 12.8. The highest BCUT2D eigenvalue weighted by Gasteiger charge is 2.51. The minimum Gasteiger partial charge on any atom is -0.325 e. The molecular formula is C17H16N4O3. The van der Waals surface area contributed by atoms with E-state index in [2.05, 4.69) is 0 Å². The number of anilines is 1. The van der Waals surface area contributed by atoms with Gasteiger partial charge in [-0.3, -0.25) is 14.2 Å². The highest BCUT2D eigenvalue weighted by atomic mass is 16.2. The van der Waals surface area contributed by atoms with Crippen molar-refractivity contribution < 1.29 is 9.59 Å². The second kappa shape index (κ2) is 5.31. The fraction of sp³-hybridized carbons (Fsp3) is 0.235. The number of nitrogens with zero attached hydrogens (tertiary/aromatic N) is 3. The summed E-state index contributed by atoms with van der Waals surface area (Å²) < 4.78 is 1.49. The van der Waals surface area contributed by atoms with Crippen LogP contribution in [0.15, 0.2) is 53.5 Å². The lowest BCUT2D eigenvalue weighted by atomic mass is 10.1. The summed E-state index contributed by atoms with van der Waals surface area (Å²) in [5, 5.41) is 0. The number of carbonyl (C=O) groups excluding carboxylic acids is 2. The zero-order valence-electron chi connectivity index (χ0n) is 12.8. The van der Waals surface area contributed by atoms with Gasteiger partial charge in [-0.15, -0.1) is 0 Å². The molecule has 4 rings (SSSR count). The van der Waals surface area contributed by atoms with Crippen molar-refractivity contribution in [2.45, 2.75) is 18.5 Å². The Morgan fingerprint density at radius 1 is 0.958 bits per heavy atom. The summed E-state index contributed by atoms with van der Waals surface area (Å²) in [6.07, 6.45) is 2.31. The number of rotatable bonds is 2. The fourth-order valence-corrected chi connectivity index (χ4v) is 3.34. The lowest BCUT2D eigenvalue weighted by molar-refractivity contribution is -0.119. The number of hydrogen-bond acceptors (Lipinski definition) is 4. The summed E-state index contributed by atoms with van der Waals surface area (Å²) in [6, 6.07) is 10.4. The normalized spacial score (nSPS) is 23.0. The Bertz CT molecular complexity index is 874. The zero-order chi connectivity index (χ0) is 16.8. The van der Waals surface area contributed by atoms with Crippen molar-refractivity contribution in [3.63, 3.8) is 0 Å². The van der Waals surface area contributed by atoms with Crippen LogP contribution >= 0.6 is 0 Å². The third-order valence-corrected chi connectivity index (χ3v) is 4.56. The van der Waals surface area contributed by atoms with Gasteiger partial charge < -0.3 is 10.6 Å². The van der Waals surface area contributed by atoms with E-state index in [0.29, 0.717) is 24.3 Å². The van der Waals surface area contributed by atoms with Crippen molar-refractivity contribution in [3.8, 4) is 5.69 Å². The van der Waals surface area contributed by atoms with Crippen LogP contribution in [-0.2, 0) is 4.79 Å². The molecule has 1 aromatic heterocycles. The number of nitrogens with two attached hydrogens (primary N) is 1. The van der Waals surface area contributed by atoms with Gasteiger partial charge in [0.1, 0.15) is 6.04 Å². The molecule has 1 aromatic carbocycles. The molecule has 0 unspecified atom stereocenters. The SMILES string of the molecule is N[C@@H]1CCN2C(=O)N(c3ccc(-n4ccccc4=O)cc3)C(=O)[C@H]12. The van der Waals surface area contributed by atoms with E-state index in [1.165, 1.54) is 20.4 Å². The molecule has 0 bridgehead atoms. The van der Waals surface area contributed by atoms with Crippen molar-refractivity contribution in [2.75, 3.05) is 11.4 Å². The molecule has 122 valence electrons. The quantitative estimate of drug-likeness (QED) is 0.824. The van der Waals surface area contributed by atoms with E-state index in [1.807, 2.05) is 0 Å². The molecule has 0 spiro atoms. The number of benzene rings is 1. The first-order valence-corrected chi connectivity index (χ1v) is 7.76. The minimum absolute atomic E-state index is 0.148. The van der Waals surface area contributed by atoms with Gasteiger partial charge in [-0.1, -0.05) is 6.07 Å². The predicted molar refractivity (Wildman–Crippen MR) is 88.0 cm³/mol. The number of pyridine rings is 1. The van der Waals surface area contributed by atoms with E-state index >= 15 is 0 Å². The van der Waals surface area contributed by atoms with Crippen LogP contribution in [0.25, 0.3) is 5.69 Å².